The second kappa shape index (κ2) is 15.2. The van der Waals surface area contributed by atoms with Crippen LogP contribution < -0.4 is 4.74 Å². The van der Waals surface area contributed by atoms with Crippen molar-refractivity contribution in [3.8, 4) is 5.75 Å². The second-order valence-electron chi connectivity index (χ2n) is 11.8. The van der Waals surface area contributed by atoms with Gasteiger partial charge in [-0.1, -0.05) is 23.8 Å². The van der Waals surface area contributed by atoms with E-state index in [1.165, 1.54) is 24.5 Å². The maximum Gasteiger partial charge on any atom is 0.339 e. The van der Waals surface area contributed by atoms with Crippen LogP contribution >= 0.6 is 11.6 Å². The van der Waals surface area contributed by atoms with Gasteiger partial charge in [-0.3, -0.25) is 14.2 Å². The van der Waals surface area contributed by atoms with Crippen LogP contribution in [0.2, 0.25) is 5.02 Å². The third kappa shape index (κ3) is 8.21. The van der Waals surface area contributed by atoms with Gasteiger partial charge >= 0.3 is 11.9 Å². The predicted octanol–water partition coefficient (Wildman–Crippen LogP) is 5.95. The lowest BCUT2D eigenvalue weighted by Crippen LogP contribution is -2.21. The Morgan fingerprint density at radius 3 is 2.47 bits per heavy atom. The Balaban J connectivity index is 1.05. The van der Waals surface area contributed by atoms with E-state index in [-0.39, 0.29) is 31.6 Å². The molecule has 0 radical (unpaired) electrons. The molecule has 1 fully saturated rings. The molecule has 1 saturated carbocycles. The van der Waals surface area contributed by atoms with Crippen LogP contribution in [0.5, 0.6) is 5.75 Å². The van der Waals surface area contributed by atoms with Crippen molar-refractivity contribution >= 4 is 40.3 Å². The minimum absolute atomic E-state index is 0.115. The number of methoxy groups -OCH3 is 1. The molecule has 2 aliphatic carbocycles. The number of allylic oxidation sites excluding steroid dienone is 2. The monoisotopic (exact) mass is 637 g/mol. The molecule has 10 heteroatoms. The van der Waals surface area contributed by atoms with E-state index in [0.29, 0.717) is 63.5 Å². The van der Waals surface area contributed by atoms with E-state index in [2.05, 4.69) is 19.1 Å². The summed E-state index contributed by atoms with van der Waals surface area (Å²) in [5, 5.41) is 1.17. The van der Waals surface area contributed by atoms with Crippen molar-refractivity contribution in [2.45, 2.75) is 45.6 Å². The van der Waals surface area contributed by atoms with Gasteiger partial charge in [-0.25, -0.2) is 4.79 Å². The fourth-order valence-corrected chi connectivity index (χ4v) is 6.34. The number of rotatable bonds is 15. The molecule has 1 heterocycles. The summed E-state index contributed by atoms with van der Waals surface area (Å²) >= 11 is 6.00. The van der Waals surface area contributed by atoms with Crippen LogP contribution in [0.15, 0.2) is 54.6 Å². The van der Waals surface area contributed by atoms with Crippen molar-refractivity contribution in [1.82, 2.24) is 4.57 Å². The van der Waals surface area contributed by atoms with Gasteiger partial charge < -0.3 is 23.7 Å². The Bertz CT molecular complexity index is 1550. The number of hydrogen-bond acceptors (Lipinski definition) is 8. The van der Waals surface area contributed by atoms with Crippen molar-refractivity contribution in [3.05, 3.63) is 76.5 Å². The van der Waals surface area contributed by atoms with E-state index in [9.17, 15) is 14.4 Å². The Labute approximate surface area is 268 Å². The van der Waals surface area contributed by atoms with Gasteiger partial charge in [0.25, 0.3) is 5.91 Å². The van der Waals surface area contributed by atoms with Crippen molar-refractivity contribution in [1.29, 1.82) is 0 Å². The second-order valence-corrected chi connectivity index (χ2v) is 12.2. The topological polar surface area (TPSA) is 102 Å². The van der Waals surface area contributed by atoms with Crippen molar-refractivity contribution < 1.29 is 38.1 Å². The van der Waals surface area contributed by atoms with Gasteiger partial charge in [0.1, 0.15) is 12.4 Å². The Morgan fingerprint density at radius 2 is 1.76 bits per heavy atom. The lowest BCUT2D eigenvalue weighted by atomic mass is 9.94. The molecule has 0 spiro atoms. The van der Waals surface area contributed by atoms with E-state index >= 15 is 0 Å². The van der Waals surface area contributed by atoms with Gasteiger partial charge in [0.2, 0.25) is 0 Å². The highest BCUT2D eigenvalue weighted by Gasteiger charge is 2.35. The van der Waals surface area contributed by atoms with E-state index in [1.54, 1.807) is 49.4 Å². The first-order chi connectivity index (χ1) is 21.7. The zero-order valence-electron chi connectivity index (χ0n) is 26.0. The smallest absolute Gasteiger partial charge is 0.339 e. The summed E-state index contributed by atoms with van der Waals surface area (Å²) in [7, 11) is 1.54. The Hall–Kier alpha value is -3.50. The van der Waals surface area contributed by atoms with Gasteiger partial charge in [0.15, 0.2) is 0 Å². The molecule has 0 saturated heterocycles. The molecule has 2 bridgehead atoms. The lowest BCUT2D eigenvalue weighted by molar-refractivity contribution is -0.162. The quantitative estimate of drug-likeness (QED) is 0.0872. The van der Waals surface area contributed by atoms with Crippen molar-refractivity contribution in [2.24, 2.45) is 17.8 Å². The minimum atomic E-state index is -0.798. The SMILES string of the molecule is COc1ccc2c(c1)c(CC(=O)OC(=O)COCCOCCC(C)OCC1CC3C=CC1C3)c(C)n2C(=O)c1ccc(Cl)cc1. The van der Waals surface area contributed by atoms with Crippen LogP contribution in [0.25, 0.3) is 10.9 Å². The number of aromatic nitrogens is 1. The summed E-state index contributed by atoms with van der Waals surface area (Å²) in [6.07, 6.45) is 7.87. The van der Waals surface area contributed by atoms with E-state index in [0.717, 1.165) is 18.9 Å². The standard InChI is InChI=1S/C35H40ClNO8/c1-22(44-20-27-17-24-4-5-26(27)16-24)12-13-42-14-15-43-21-34(39)45-33(38)19-30-23(2)37(32-11-10-29(41-3)18-31(30)32)35(40)25-6-8-28(36)9-7-25/h4-11,18,22,24,26-27H,12-17,19-21H2,1-3H3. The van der Waals surface area contributed by atoms with E-state index < -0.39 is 11.9 Å². The third-order valence-electron chi connectivity index (χ3n) is 8.66. The van der Waals surface area contributed by atoms with Crippen LogP contribution in [-0.4, -0.2) is 68.7 Å². The number of carbonyl (C=O) groups is 3. The summed E-state index contributed by atoms with van der Waals surface area (Å²) in [6, 6.07) is 11.8. The summed E-state index contributed by atoms with van der Waals surface area (Å²) in [5.74, 6) is 0.812. The number of benzene rings is 2. The molecular weight excluding hydrogens is 598 g/mol. The van der Waals surface area contributed by atoms with Crippen LogP contribution in [0.4, 0.5) is 0 Å². The van der Waals surface area contributed by atoms with Crippen molar-refractivity contribution in [3.63, 3.8) is 0 Å². The zero-order valence-corrected chi connectivity index (χ0v) is 26.7. The highest BCUT2D eigenvalue weighted by atomic mass is 35.5. The van der Waals surface area contributed by atoms with Crippen LogP contribution in [0.3, 0.4) is 0 Å². The largest absolute Gasteiger partial charge is 0.497 e. The summed E-state index contributed by atoms with van der Waals surface area (Å²) in [5.41, 5.74) is 2.15. The molecule has 9 nitrogen and oxygen atoms in total. The number of fused-ring (bicyclic) bond motifs is 3. The molecule has 2 aromatic carbocycles. The van der Waals surface area contributed by atoms with E-state index in [1.807, 2.05) is 0 Å². The van der Waals surface area contributed by atoms with Gasteiger partial charge in [0, 0.05) is 28.3 Å². The predicted molar refractivity (Wildman–Crippen MR) is 170 cm³/mol. The third-order valence-corrected chi connectivity index (χ3v) is 8.91. The highest BCUT2D eigenvalue weighted by Crippen LogP contribution is 2.43. The van der Waals surface area contributed by atoms with Gasteiger partial charge in [-0.15, -0.1) is 0 Å². The maximum atomic E-state index is 13.5. The average Bonchev–Trinajstić information content (AvgIpc) is 3.73. The lowest BCUT2D eigenvalue weighted by Gasteiger charge is -2.21. The molecule has 5 rings (SSSR count). The van der Waals surface area contributed by atoms with Gasteiger partial charge in [-0.2, -0.15) is 0 Å². The number of nitrogens with zero attached hydrogens (tertiary/aromatic N) is 1. The summed E-state index contributed by atoms with van der Waals surface area (Å²) in [4.78, 5) is 38.6. The molecule has 1 aromatic heterocycles. The molecule has 240 valence electrons. The van der Waals surface area contributed by atoms with Crippen molar-refractivity contribution in [2.75, 3.05) is 40.1 Å². The van der Waals surface area contributed by atoms with Gasteiger partial charge in [-0.05, 0) is 98.9 Å². The summed E-state index contributed by atoms with van der Waals surface area (Å²) in [6.45, 7) is 5.26. The van der Waals surface area contributed by atoms with Crippen LogP contribution in [-0.2, 0) is 35.0 Å². The molecule has 3 aromatic rings. The van der Waals surface area contributed by atoms with Crippen LogP contribution in [0.1, 0.15) is 47.8 Å². The number of hydrogen-bond donors (Lipinski definition) is 0. The number of halogens is 1. The first-order valence-corrected chi connectivity index (χ1v) is 15.8. The maximum absolute atomic E-state index is 13.5. The normalized spacial score (nSPS) is 19.2. The number of carbonyl (C=O) groups excluding carboxylic acids is 3. The number of esters is 2. The molecular formula is C35H40ClNO8. The molecule has 4 atom stereocenters. The molecule has 0 aliphatic heterocycles. The Morgan fingerprint density at radius 1 is 0.978 bits per heavy atom. The van der Waals surface area contributed by atoms with Crippen LogP contribution in [0, 0.1) is 24.7 Å². The molecule has 45 heavy (non-hydrogen) atoms. The fourth-order valence-electron chi connectivity index (χ4n) is 6.21. The fraction of sp³-hybridized carbons (Fsp3) is 0.457. The first kappa shape index (κ1) is 32.9. The number of ether oxygens (including phenoxy) is 5. The highest BCUT2D eigenvalue weighted by molar-refractivity contribution is 6.30. The molecule has 0 amide bonds. The molecule has 2 aliphatic rings. The first-order valence-electron chi connectivity index (χ1n) is 15.4. The van der Waals surface area contributed by atoms with E-state index in [4.69, 9.17) is 35.3 Å². The molecule has 4 unspecified atom stereocenters. The summed E-state index contributed by atoms with van der Waals surface area (Å²) < 4.78 is 28.9. The zero-order chi connectivity index (χ0) is 31.9. The molecule has 0 N–H and O–H groups in total. The average molecular weight is 638 g/mol. The Kier molecular flexibility index (Phi) is 11.1. The minimum Gasteiger partial charge on any atom is -0.497 e. The van der Waals surface area contributed by atoms with Gasteiger partial charge in [0.05, 0.1) is 45.0 Å².